The van der Waals surface area contributed by atoms with Crippen LogP contribution < -0.4 is 0 Å². The summed E-state index contributed by atoms with van der Waals surface area (Å²) in [5, 5.41) is 0. The Morgan fingerprint density at radius 3 is 2.25 bits per heavy atom. The summed E-state index contributed by atoms with van der Waals surface area (Å²) in [6.07, 6.45) is 0. The lowest BCUT2D eigenvalue weighted by Crippen LogP contribution is -2.01. The molecule has 0 N–H and O–H groups in total. The van der Waals surface area contributed by atoms with Crippen LogP contribution in [0.1, 0.15) is 0 Å². The van der Waals surface area contributed by atoms with Crippen molar-refractivity contribution in [3.8, 4) is 0 Å². The fourth-order valence-corrected chi connectivity index (χ4v) is 2.29. The normalized spacial score (nSPS) is 12.8. The molecule has 0 aromatic heterocycles. The van der Waals surface area contributed by atoms with E-state index in [1.165, 1.54) is 0 Å². The number of benzene rings is 1. The van der Waals surface area contributed by atoms with Gasteiger partial charge in [-0.1, -0.05) is 0 Å². The highest BCUT2D eigenvalue weighted by molar-refractivity contribution is 8.13. The maximum atomic E-state index is 12.9. The van der Waals surface area contributed by atoms with Crippen LogP contribution in [-0.2, 0) is 9.05 Å². The van der Waals surface area contributed by atoms with E-state index in [1.54, 1.807) is 0 Å². The first kappa shape index (κ1) is 13.6. The van der Waals surface area contributed by atoms with Crippen LogP contribution in [0.5, 0.6) is 0 Å². The molecule has 0 aliphatic heterocycles. The summed E-state index contributed by atoms with van der Waals surface area (Å²) < 4.78 is 70.4. The Kier molecular flexibility index (Phi) is 3.76. The zero-order valence-electron chi connectivity index (χ0n) is 7.25. The first-order chi connectivity index (χ1) is 7.09. The molecule has 0 aliphatic carbocycles. The van der Waals surface area contributed by atoms with E-state index in [2.05, 4.69) is 0 Å². The molecule has 16 heavy (non-hydrogen) atoms. The van der Waals surface area contributed by atoms with Crippen LogP contribution >= 0.6 is 22.4 Å². The predicted octanol–water partition coefficient (Wildman–Crippen LogP) is 3.37. The van der Waals surface area contributed by atoms with Crippen molar-refractivity contribution < 1.29 is 26.0 Å². The third-order valence-electron chi connectivity index (χ3n) is 1.41. The minimum atomic E-state index is -4.70. The molecule has 1 aromatic carbocycles. The van der Waals surface area contributed by atoms with Crippen LogP contribution in [0, 0.1) is 5.82 Å². The standard InChI is InChI=1S/C7H3ClF4O2S2/c8-16(13,14)4-1-2-5(9)6(3-4)15-7(10,11)12/h1-3H. The van der Waals surface area contributed by atoms with Crippen molar-refractivity contribution in [2.75, 3.05) is 0 Å². The topological polar surface area (TPSA) is 34.1 Å². The van der Waals surface area contributed by atoms with Crippen molar-refractivity contribution in [2.45, 2.75) is 15.3 Å². The molecule has 0 spiro atoms. The second-order valence-corrected chi connectivity index (χ2v) is 6.25. The molecule has 1 aromatic rings. The molecule has 9 heteroatoms. The molecule has 0 saturated heterocycles. The van der Waals surface area contributed by atoms with Crippen LogP contribution in [0.2, 0.25) is 0 Å². The van der Waals surface area contributed by atoms with Gasteiger partial charge in [-0.15, -0.1) is 0 Å². The minimum Gasteiger partial charge on any atom is -0.207 e. The number of thioether (sulfide) groups is 1. The van der Waals surface area contributed by atoms with Gasteiger partial charge in [0.1, 0.15) is 5.82 Å². The van der Waals surface area contributed by atoms with E-state index in [0.717, 1.165) is 6.07 Å². The van der Waals surface area contributed by atoms with Crippen LogP contribution in [0.3, 0.4) is 0 Å². The van der Waals surface area contributed by atoms with E-state index < -0.39 is 41.9 Å². The van der Waals surface area contributed by atoms with Crippen molar-refractivity contribution in [1.29, 1.82) is 0 Å². The molecule has 0 bridgehead atoms. The molecule has 0 unspecified atom stereocenters. The van der Waals surface area contributed by atoms with Gasteiger partial charge in [-0.3, -0.25) is 0 Å². The molecule has 90 valence electrons. The van der Waals surface area contributed by atoms with Crippen molar-refractivity contribution in [1.82, 2.24) is 0 Å². The molecular weight excluding hydrogens is 292 g/mol. The quantitative estimate of drug-likeness (QED) is 0.476. The second-order valence-electron chi connectivity index (χ2n) is 2.58. The van der Waals surface area contributed by atoms with Gasteiger partial charge in [0.25, 0.3) is 9.05 Å². The fourth-order valence-electron chi connectivity index (χ4n) is 0.838. The highest BCUT2D eigenvalue weighted by Gasteiger charge is 2.31. The number of alkyl halides is 3. The van der Waals surface area contributed by atoms with Gasteiger partial charge in [0.2, 0.25) is 0 Å². The van der Waals surface area contributed by atoms with Crippen molar-refractivity contribution >= 4 is 31.5 Å². The van der Waals surface area contributed by atoms with Crippen molar-refractivity contribution in [3.05, 3.63) is 24.0 Å². The minimum absolute atomic E-state index is 0.538. The summed E-state index contributed by atoms with van der Waals surface area (Å²) in [6.45, 7) is 0. The fraction of sp³-hybridized carbons (Fsp3) is 0.143. The smallest absolute Gasteiger partial charge is 0.207 e. The van der Waals surface area contributed by atoms with Crippen LogP contribution in [0.15, 0.2) is 28.0 Å². The van der Waals surface area contributed by atoms with Crippen molar-refractivity contribution in [2.24, 2.45) is 0 Å². The van der Waals surface area contributed by atoms with Crippen molar-refractivity contribution in [3.63, 3.8) is 0 Å². The first-order valence-electron chi connectivity index (χ1n) is 3.59. The monoisotopic (exact) mass is 294 g/mol. The van der Waals surface area contributed by atoms with Gasteiger partial charge in [-0.2, -0.15) is 13.2 Å². The molecule has 0 amide bonds. The van der Waals surface area contributed by atoms with Crippen LogP contribution in [-0.4, -0.2) is 13.9 Å². The lowest BCUT2D eigenvalue weighted by molar-refractivity contribution is -0.0329. The molecule has 0 fully saturated rings. The van der Waals surface area contributed by atoms with Gasteiger partial charge < -0.3 is 0 Å². The zero-order chi connectivity index (χ0) is 12.6. The largest absolute Gasteiger partial charge is 0.446 e. The lowest BCUT2D eigenvalue weighted by Gasteiger charge is -2.07. The third-order valence-corrected chi connectivity index (χ3v) is 3.53. The zero-order valence-corrected chi connectivity index (χ0v) is 9.64. The number of halogens is 5. The molecular formula is C7H3ClF4O2S2. The average Bonchev–Trinajstić information content (AvgIpc) is 2.04. The molecule has 0 atom stereocenters. The third kappa shape index (κ3) is 3.84. The molecule has 0 saturated carbocycles. The van der Waals surface area contributed by atoms with E-state index in [0.29, 0.717) is 12.1 Å². The summed E-state index contributed by atoms with van der Waals surface area (Å²) >= 11 is -0.740. The number of hydrogen-bond acceptors (Lipinski definition) is 3. The van der Waals surface area contributed by atoms with E-state index in [-0.39, 0.29) is 0 Å². The first-order valence-corrected chi connectivity index (χ1v) is 6.72. The predicted molar refractivity (Wildman–Crippen MR) is 51.4 cm³/mol. The van der Waals surface area contributed by atoms with Gasteiger partial charge in [-0.25, -0.2) is 12.8 Å². The molecule has 2 nitrogen and oxygen atoms in total. The van der Waals surface area contributed by atoms with E-state index in [4.69, 9.17) is 10.7 Å². The molecule has 0 radical (unpaired) electrons. The lowest BCUT2D eigenvalue weighted by atomic mass is 10.3. The number of rotatable bonds is 2. The van der Waals surface area contributed by atoms with E-state index >= 15 is 0 Å². The highest BCUT2D eigenvalue weighted by Crippen LogP contribution is 2.39. The van der Waals surface area contributed by atoms with Crippen LogP contribution in [0.25, 0.3) is 0 Å². The Morgan fingerprint density at radius 2 is 1.81 bits per heavy atom. The highest BCUT2D eigenvalue weighted by atomic mass is 35.7. The van der Waals surface area contributed by atoms with Crippen LogP contribution in [0.4, 0.5) is 17.6 Å². The Labute approximate surface area is 97.0 Å². The Balaban J connectivity index is 3.20. The van der Waals surface area contributed by atoms with Gasteiger partial charge >= 0.3 is 5.51 Å². The summed E-state index contributed by atoms with van der Waals surface area (Å²) in [4.78, 5) is -1.42. The van der Waals surface area contributed by atoms with Gasteiger partial charge in [0.15, 0.2) is 0 Å². The second kappa shape index (κ2) is 4.42. The number of hydrogen-bond donors (Lipinski definition) is 0. The Morgan fingerprint density at radius 1 is 1.25 bits per heavy atom. The van der Waals surface area contributed by atoms with Gasteiger partial charge in [0.05, 0.1) is 9.79 Å². The van der Waals surface area contributed by atoms with E-state index in [1.807, 2.05) is 0 Å². The summed E-state index contributed by atoms with van der Waals surface area (Å²) in [5.74, 6) is -1.16. The van der Waals surface area contributed by atoms with Gasteiger partial charge in [0, 0.05) is 10.7 Å². The maximum Gasteiger partial charge on any atom is 0.446 e. The van der Waals surface area contributed by atoms with E-state index in [9.17, 15) is 26.0 Å². The molecule has 0 heterocycles. The summed E-state index contributed by atoms with van der Waals surface area (Å²) in [5.41, 5.74) is -4.70. The maximum absolute atomic E-state index is 12.9. The van der Waals surface area contributed by atoms with Gasteiger partial charge in [-0.05, 0) is 30.0 Å². The summed E-state index contributed by atoms with van der Waals surface area (Å²) in [7, 11) is 0.741. The Bertz CT molecular complexity index is 498. The molecule has 1 rings (SSSR count). The summed E-state index contributed by atoms with van der Waals surface area (Å²) in [6, 6.07) is 1.94. The SMILES string of the molecule is O=S(=O)(Cl)c1ccc(F)c(SC(F)(F)F)c1. The average molecular weight is 295 g/mol. The Hall–Kier alpha value is -0.470. The molecule has 0 aliphatic rings.